The van der Waals surface area contributed by atoms with Crippen LogP contribution in [0.25, 0.3) is 0 Å². The van der Waals surface area contributed by atoms with Crippen LogP contribution in [-0.2, 0) is 0 Å². The summed E-state index contributed by atoms with van der Waals surface area (Å²) in [5, 5.41) is 3.59. The van der Waals surface area contributed by atoms with Gasteiger partial charge in [0.25, 0.3) is 0 Å². The molecule has 0 radical (unpaired) electrons. The lowest BCUT2D eigenvalue weighted by Gasteiger charge is -2.36. The van der Waals surface area contributed by atoms with E-state index in [1.807, 2.05) is 0 Å². The molecule has 0 aromatic heterocycles. The van der Waals surface area contributed by atoms with Gasteiger partial charge in [-0.2, -0.15) is 0 Å². The largest absolute Gasteiger partial charge is 0.350 e. The number of benzene rings is 1. The number of halogens is 2. The standard InChI is InChI=1S/C16H22BrN3.HI/c1-11-3-8-15-9-18-16(20(15)10-11)19-12(2)13-4-6-14(17)7-5-13;/h4-7,11-12,15H,3,8-10H2,1-2H3,(H,18,19);1H/t11?,12-,15?;/m1./s1. The molecule has 1 aromatic rings. The van der Waals surface area contributed by atoms with Crippen LogP contribution >= 0.6 is 39.9 Å². The van der Waals surface area contributed by atoms with Gasteiger partial charge in [-0.1, -0.05) is 35.0 Å². The first-order valence-electron chi connectivity index (χ1n) is 7.46. The van der Waals surface area contributed by atoms with Crippen molar-refractivity contribution in [3.63, 3.8) is 0 Å². The van der Waals surface area contributed by atoms with Gasteiger partial charge in [-0.3, -0.25) is 4.99 Å². The molecule has 2 aliphatic heterocycles. The van der Waals surface area contributed by atoms with E-state index in [0.29, 0.717) is 6.04 Å². The highest BCUT2D eigenvalue weighted by atomic mass is 127. The number of rotatable bonds is 2. The van der Waals surface area contributed by atoms with E-state index >= 15 is 0 Å². The second-order valence-electron chi connectivity index (χ2n) is 6.07. The first-order chi connectivity index (χ1) is 9.63. The number of hydrogen-bond donors (Lipinski definition) is 1. The molecule has 3 nitrogen and oxygen atoms in total. The Labute approximate surface area is 152 Å². The van der Waals surface area contributed by atoms with Crippen LogP contribution < -0.4 is 5.32 Å². The predicted octanol–water partition coefficient (Wildman–Crippen LogP) is 4.19. The summed E-state index contributed by atoms with van der Waals surface area (Å²) in [7, 11) is 0. The van der Waals surface area contributed by atoms with Crippen molar-refractivity contribution in [3.8, 4) is 0 Å². The van der Waals surface area contributed by atoms with Crippen molar-refractivity contribution in [2.75, 3.05) is 13.1 Å². The molecular weight excluding hydrogens is 441 g/mol. The van der Waals surface area contributed by atoms with Crippen molar-refractivity contribution in [2.24, 2.45) is 10.9 Å². The van der Waals surface area contributed by atoms with Gasteiger partial charge in [0, 0.05) is 11.0 Å². The molecule has 0 saturated carbocycles. The topological polar surface area (TPSA) is 27.6 Å². The minimum Gasteiger partial charge on any atom is -0.350 e. The summed E-state index contributed by atoms with van der Waals surface area (Å²) in [6.07, 6.45) is 2.62. The highest BCUT2D eigenvalue weighted by molar-refractivity contribution is 14.0. The smallest absolute Gasteiger partial charge is 0.194 e. The number of hydrogen-bond acceptors (Lipinski definition) is 3. The summed E-state index contributed by atoms with van der Waals surface area (Å²) >= 11 is 3.48. The third-order valence-electron chi connectivity index (χ3n) is 4.38. The molecule has 0 amide bonds. The van der Waals surface area contributed by atoms with E-state index in [0.717, 1.165) is 29.4 Å². The Morgan fingerprint density at radius 1 is 1.29 bits per heavy atom. The SMILES string of the molecule is CC1CCC2CN=C(N[C@H](C)c3ccc(Br)cc3)N2C1.I. The third kappa shape index (κ3) is 3.92. The van der Waals surface area contributed by atoms with E-state index in [4.69, 9.17) is 4.99 Å². The van der Waals surface area contributed by atoms with Gasteiger partial charge in [0.1, 0.15) is 0 Å². The Kier molecular flexibility index (Phi) is 5.94. The molecule has 2 unspecified atom stereocenters. The van der Waals surface area contributed by atoms with Crippen LogP contribution in [0.15, 0.2) is 33.7 Å². The zero-order valence-electron chi connectivity index (χ0n) is 12.6. The highest BCUT2D eigenvalue weighted by Gasteiger charge is 2.33. The zero-order valence-corrected chi connectivity index (χ0v) is 16.5. The molecule has 0 spiro atoms. The maximum absolute atomic E-state index is 4.72. The molecule has 0 bridgehead atoms. The van der Waals surface area contributed by atoms with E-state index in [1.54, 1.807) is 0 Å². The third-order valence-corrected chi connectivity index (χ3v) is 4.91. The Hall–Kier alpha value is -0.300. The van der Waals surface area contributed by atoms with Gasteiger partial charge in [0.15, 0.2) is 5.96 Å². The fraction of sp³-hybridized carbons (Fsp3) is 0.562. The Bertz CT molecular complexity index is 503. The molecule has 3 atom stereocenters. The summed E-state index contributed by atoms with van der Waals surface area (Å²) in [5.41, 5.74) is 1.30. The van der Waals surface area contributed by atoms with Crippen LogP contribution in [0.5, 0.6) is 0 Å². The van der Waals surface area contributed by atoms with Gasteiger partial charge >= 0.3 is 0 Å². The first kappa shape index (κ1) is 17.1. The molecular formula is C16H23BrIN3. The Morgan fingerprint density at radius 3 is 2.71 bits per heavy atom. The predicted molar refractivity (Wildman–Crippen MR) is 102 cm³/mol. The summed E-state index contributed by atoms with van der Waals surface area (Å²) < 4.78 is 1.12. The number of nitrogens with one attached hydrogen (secondary N) is 1. The lowest BCUT2D eigenvalue weighted by Crippen LogP contribution is -2.48. The molecule has 1 fully saturated rings. The van der Waals surface area contributed by atoms with Crippen LogP contribution in [0.2, 0.25) is 0 Å². The number of guanidine groups is 1. The van der Waals surface area contributed by atoms with Crippen LogP contribution in [0, 0.1) is 5.92 Å². The molecule has 0 aliphatic carbocycles. The maximum atomic E-state index is 4.72. The van der Waals surface area contributed by atoms with E-state index in [9.17, 15) is 0 Å². The lowest BCUT2D eigenvalue weighted by atomic mass is 9.95. The highest BCUT2D eigenvalue weighted by Crippen LogP contribution is 2.26. The van der Waals surface area contributed by atoms with Crippen molar-refractivity contribution in [1.82, 2.24) is 10.2 Å². The minimum atomic E-state index is 0. The Balaban J connectivity index is 0.00000161. The molecule has 3 rings (SSSR count). The number of fused-ring (bicyclic) bond motifs is 1. The first-order valence-corrected chi connectivity index (χ1v) is 8.26. The van der Waals surface area contributed by atoms with Crippen LogP contribution in [0.3, 0.4) is 0 Å². The zero-order chi connectivity index (χ0) is 14.1. The van der Waals surface area contributed by atoms with Crippen molar-refractivity contribution < 1.29 is 0 Å². The van der Waals surface area contributed by atoms with E-state index < -0.39 is 0 Å². The quantitative estimate of drug-likeness (QED) is 0.666. The molecule has 2 heterocycles. The van der Waals surface area contributed by atoms with Crippen molar-refractivity contribution in [2.45, 2.75) is 38.8 Å². The van der Waals surface area contributed by atoms with Crippen molar-refractivity contribution in [3.05, 3.63) is 34.3 Å². The van der Waals surface area contributed by atoms with Gasteiger partial charge in [-0.05, 0) is 43.4 Å². The van der Waals surface area contributed by atoms with Crippen molar-refractivity contribution >= 4 is 45.9 Å². The van der Waals surface area contributed by atoms with Gasteiger partial charge in [-0.15, -0.1) is 24.0 Å². The second-order valence-corrected chi connectivity index (χ2v) is 6.99. The second kappa shape index (κ2) is 7.31. The fourth-order valence-corrected chi connectivity index (χ4v) is 3.36. The summed E-state index contributed by atoms with van der Waals surface area (Å²) in [6, 6.07) is 9.43. The van der Waals surface area contributed by atoms with Crippen LogP contribution in [-0.4, -0.2) is 30.0 Å². The van der Waals surface area contributed by atoms with Gasteiger partial charge in [-0.25, -0.2) is 0 Å². The van der Waals surface area contributed by atoms with Crippen LogP contribution in [0.4, 0.5) is 0 Å². The molecule has 5 heteroatoms. The van der Waals surface area contributed by atoms with Crippen LogP contribution in [0.1, 0.15) is 38.3 Å². The minimum absolute atomic E-state index is 0. The van der Waals surface area contributed by atoms with Gasteiger partial charge < -0.3 is 10.2 Å². The van der Waals surface area contributed by atoms with Gasteiger partial charge in [0.2, 0.25) is 0 Å². The molecule has 21 heavy (non-hydrogen) atoms. The van der Waals surface area contributed by atoms with E-state index in [2.05, 4.69) is 64.3 Å². The maximum Gasteiger partial charge on any atom is 0.194 e. The summed E-state index contributed by atoms with van der Waals surface area (Å²) in [6.45, 7) is 6.64. The average Bonchev–Trinajstić information content (AvgIpc) is 2.82. The number of nitrogens with zero attached hydrogens (tertiary/aromatic N) is 2. The van der Waals surface area contributed by atoms with Gasteiger partial charge in [0.05, 0.1) is 18.6 Å². The molecule has 1 saturated heterocycles. The number of piperidine rings is 1. The average molecular weight is 464 g/mol. The molecule has 2 aliphatic rings. The normalized spacial score (nSPS) is 25.7. The molecule has 1 aromatic carbocycles. The monoisotopic (exact) mass is 463 g/mol. The Morgan fingerprint density at radius 2 is 2.00 bits per heavy atom. The number of aliphatic imine (C=N–C) groups is 1. The molecule has 1 N–H and O–H groups in total. The fourth-order valence-electron chi connectivity index (χ4n) is 3.10. The van der Waals surface area contributed by atoms with Crippen molar-refractivity contribution in [1.29, 1.82) is 0 Å². The summed E-state index contributed by atoms with van der Waals surface area (Å²) in [5.74, 6) is 1.87. The lowest BCUT2D eigenvalue weighted by molar-refractivity contribution is 0.210. The summed E-state index contributed by atoms with van der Waals surface area (Å²) in [4.78, 5) is 7.20. The molecule has 116 valence electrons. The van der Waals surface area contributed by atoms with E-state index in [1.165, 1.54) is 18.4 Å². The van der Waals surface area contributed by atoms with E-state index in [-0.39, 0.29) is 30.0 Å².